The summed E-state index contributed by atoms with van der Waals surface area (Å²) in [5, 5.41) is 15.7. The molecule has 22 heavy (non-hydrogen) atoms. The fourth-order valence-electron chi connectivity index (χ4n) is 2.33. The van der Waals surface area contributed by atoms with Crippen molar-refractivity contribution in [3.8, 4) is 0 Å². The van der Waals surface area contributed by atoms with Crippen molar-refractivity contribution in [3.63, 3.8) is 0 Å². The first-order chi connectivity index (χ1) is 10.3. The average molecular weight is 306 g/mol. The van der Waals surface area contributed by atoms with Crippen LogP contribution in [0.5, 0.6) is 0 Å². The highest BCUT2D eigenvalue weighted by Crippen LogP contribution is 2.22. The lowest BCUT2D eigenvalue weighted by atomic mass is 10.0. The topological polar surface area (TPSA) is 87.6 Å². The summed E-state index contributed by atoms with van der Waals surface area (Å²) in [6, 6.07) is 4.71. The summed E-state index contributed by atoms with van der Waals surface area (Å²) < 4.78 is 10.6. The molecule has 0 radical (unpaired) electrons. The van der Waals surface area contributed by atoms with E-state index in [4.69, 9.17) is 8.83 Å². The number of carbonyl (C=O) groups excluding carboxylic acids is 1. The molecule has 0 fully saturated rings. The molecule has 0 saturated heterocycles. The Bertz CT molecular complexity index is 629. The van der Waals surface area contributed by atoms with Crippen LogP contribution in [0.2, 0.25) is 0 Å². The van der Waals surface area contributed by atoms with Crippen molar-refractivity contribution in [3.05, 3.63) is 47.3 Å². The Balaban J connectivity index is 1.89. The fraction of sp³-hybridized carbons (Fsp3) is 0.438. The number of urea groups is 1. The number of furan rings is 2. The van der Waals surface area contributed by atoms with Gasteiger partial charge < -0.3 is 24.6 Å². The van der Waals surface area contributed by atoms with Crippen LogP contribution in [-0.2, 0) is 5.60 Å². The average Bonchev–Trinajstić information content (AvgIpc) is 3.06. The predicted octanol–water partition coefficient (Wildman–Crippen LogP) is 2.76. The maximum atomic E-state index is 12.0. The lowest BCUT2D eigenvalue weighted by Gasteiger charge is -2.22. The SMILES string of the molecule is Cc1cc([C@@H](C)NC(=O)NC[C@](C)(O)c2ccco2)c(C)o1. The summed E-state index contributed by atoms with van der Waals surface area (Å²) in [6.45, 7) is 7.23. The number of aryl methyl sites for hydroxylation is 2. The van der Waals surface area contributed by atoms with Gasteiger partial charge in [0.15, 0.2) is 0 Å². The zero-order valence-corrected chi connectivity index (χ0v) is 13.3. The van der Waals surface area contributed by atoms with E-state index < -0.39 is 5.60 Å². The molecule has 0 unspecified atom stereocenters. The Hall–Kier alpha value is -2.21. The van der Waals surface area contributed by atoms with Crippen molar-refractivity contribution in [2.75, 3.05) is 6.54 Å². The molecule has 6 nitrogen and oxygen atoms in total. The third-order valence-electron chi connectivity index (χ3n) is 3.54. The molecular weight excluding hydrogens is 284 g/mol. The Morgan fingerprint density at radius 2 is 2.18 bits per heavy atom. The third-order valence-corrected chi connectivity index (χ3v) is 3.54. The van der Waals surface area contributed by atoms with Crippen LogP contribution in [0.15, 0.2) is 33.3 Å². The van der Waals surface area contributed by atoms with Crippen molar-refractivity contribution >= 4 is 6.03 Å². The van der Waals surface area contributed by atoms with Gasteiger partial charge in [-0.3, -0.25) is 0 Å². The second-order valence-corrected chi connectivity index (χ2v) is 5.67. The monoisotopic (exact) mass is 306 g/mol. The molecule has 0 bridgehead atoms. The zero-order valence-electron chi connectivity index (χ0n) is 13.3. The van der Waals surface area contributed by atoms with Crippen LogP contribution >= 0.6 is 0 Å². The van der Waals surface area contributed by atoms with Crippen molar-refractivity contribution in [1.82, 2.24) is 10.6 Å². The molecule has 0 spiro atoms. The second kappa shape index (κ2) is 6.27. The van der Waals surface area contributed by atoms with E-state index >= 15 is 0 Å². The van der Waals surface area contributed by atoms with Crippen LogP contribution in [0, 0.1) is 13.8 Å². The first-order valence-electron chi connectivity index (χ1n) is 7.17. The van der Waals surface area contributed by atoms with E-state index in [2.05, 4.69) is 10.6 Å². The Labute approximate surface area is 129 Å². The molecule has 2 rings (SSSR count). The van der Waals surface area contributed by atoms with Crippen LogP contribution in [0.3, 0.4) is 0 Å². The smallest absolute Gasteiger partial charge is 0.315 e. The van der Waals surface area contributed by atoms with E-state index in [0.29, 0.717) is 5.76 Å². The predicted molar refractivity (Wildman–Crippen MR) is 81.4 cm³/mol. The first kappa shape index (κ1) is 16.2. The van der Waals surface area contributed by atoms with Gasteiger partial charge in [0, 0.05) is 5.56 Å². The van der Waals surface area contributed by atoms with Crippen molar-refractivity contribution in [2.24, 2.45) is 0 Å². The van der Waals surface area contributed by atoms with Gasteiger partial charge in [-0.25, -0.2) is 4.79 Å². The maximum Gasteiger partial charge on any atom is 0.315 e. The Morgan fingerprint density at radius 3 is 2.73 bits per heavy atom. The van der Waals surface area contributed by atoms with Crippen LogP contribution in [0.4, 0.5) is 4.79 Å². The third kappa shape index (κ3) is 3.71. The number of nitrogens with one attached hydrogen (secondary N) is 2. The first-order valence-corrected chi connectivity index (χ1v) is 7.17. The van der Waals surface area contributed by atoms with Gasteiger partial charge in [-0.05, 0) is 45.9 Å². The van der Waals surface area contributed by atoms with Gasteiger partial charge in [-0.1, -0.05) is 0 Å². The van der Waals surface area contributed by atoms with Gasteiger partial charge >= 0.3 is 6.03 Å². The highest BCUT2D eigenvalue weighted by Gasteiger charge is 2.27. The maximum absolute atomic E-state index is 12.0. The fourth-order valence-corrected chi connectivity index (χ4v) is 2.33. The molecule has 3 N–H and O–H groups in total. The van der Waals surface area contributed by atoms with E-state index in [-0.39, 0.29) is 18.6 Å². The summed E-state index contributed by atoms with van der Waals surface area (Å²) >= 11 is 0. The van der Waals surface area contributed by atoms with Gasteiger partial charge in [0.05, 0.1) is 18.8 Å². The van der Waals surface area contributed by atoms with Crippen LogP contribution < -0.4 is 10.6 Å². The molecule has 2 aromatic heterocycles. The van der Waals surface area contributed by atoms with Crippen LogP contribution in [0.1, 0.15) is 42.7 Å². The van der Waals surface area contributed by atoms with E-state index in [1.807, 2.05) is 26.8 Å². The molecule has 2 amide bonds. The highest BCUT2D eigenvalue weighted by molar-refractivity contribution is 5.74. The molecule has 2 aromatic rings. The normalized spacial score (nSPS) is 15.1. The largest absolute Gasteiger partial charge is 0.466 e. The van der Waals surface area contributed by atoms with Gasteiger partial charge in [-0.15, -0.1) is 0 Å². The quantitative estimate of drug-likeness (QED) is 0.792. The zero-order chi connectivity index (χ0) is 16.3. The molecule has 6 heteroatoms. The minimum absolute atomic E-state index is 0.0441. The molecule has 2 atom stereocenters. The lowest BCUT2D eigenvalue weighted by molar-refractivity contribution is 0.0366. The highest BCUT2D eigenvalue weighted by atomic mass is 16.4. The van der Waals surface area contributed by atoms with E-state index in [1.165, 1.54) is 6.26 Å². The molecule has 0 saturated carbocycles. The standard InChI is InChI=1S/C16H22N2O4/c1-10-8-13(12(3)22-10)11(2)18-15(19)17-9-16(4,20)14-6-5-7-21-14/h5-8,11,20H,9H2,1-4H3,(H2,17,18,19)/t11-,16+/m1/s1. The van der Waals surface area contributed by atoms with Crippen molar-refractivity contribution in [1.29, 1.82) is 0 Å². The molecule has 2 heterocycles. The van der Waals surface area contributed by atoms with Gasteiger partial charge in [-0.2, -0.15) is 0 Å². The molecule has 0 aromatic carbocycles. The molecule has 0 aliphatic rings. The minimum atomic E-state index is -1.26. The van der Waals surface area contributed by atoms with Crippen molar-refractivity contribution in [2.45, 2.75) is 39.3 Å². The number of hydrogen-bond donors (Lipinski definition) is 3. The lowest BCUT2D eigenvalue weighted by Crippen LogP contribution is -2.44. The van der Waals surface area contributed by atoms with E-state index in [9.17, 15) is 9.90 Å². The van der Waals surface area contributed by atoms with Crippen LogP contribution in [0.25, 0.3) is 0 Å². The number of carbonyl (C=O) groups is 1. The number of amides is 2. The second-order valence-electron chi connectivity index (χ2n) is 5.67. The molecule has 0 aliphatic carbocycles. The summed E-state index contributed by atoms with van der Waals surface area (Å²) in [4.78, 5) is 12.0. The summed E-state index contributed by atoms with van der Waals surface area (Å²) in [7, 11) is 0. The summed E-state index contributed by atoms with van der Waals surface area (Å²) in [5.74, 6) is 2.00. The van der Waals surface area contributed by atoms with E-state index in [1.54, 1.807) is 19.1 Å². The summed E-state index contributed by atoms with van der Waals surface area (Å²) in [5.41, 5.74) is -0.322. The van der Waals surface area contributed by atoms with Crippen molar-refractivity contribution < 1.29 is 18.7 Å². The van der Waals surface area contributed by atoms with Gasteiger partial charge in [0.25, 0.3) is 0 Å². The van der Waals surface area contributed by atoms with E-state index in [0.717, 1.165) is 17.1 Å². The Morgan fingerprint density at radius 1 is 1.45 bits per heavy atom. The molecule has 0 aliphatic heterocycles. The minimum Gasteiger partial charge on any atom is -0.466 e. The number of rotatable bonds is 5. The summed E-state index contributed by atoms with van der Waals surface area (Å²) in [6.07, 6.45) is 1.48. The number of aliphatic hydroxyl groups is 1. The Kier molecular flexibility index (Phi) is 4.61. The van der Waals surface area contributed by atoms with Gasteiger partial charge in [0.1, 0.15) is 22.9 Å². The van der Waals surface area contributed by atoms with Crippen LogP contribution in [-0.4, -0.2) is 17.7 Å². The number of hydrogen-bond acceptors (Lipinski definition) is 4. The molecular formula is C16H22N2O4. The molecule has 120 valence electrons. The van der Waals surface area contributed by atoms with Gasteiger partial charge in [0.2, 0.25) is 0 Å².